The molecule has 122 valence electrons. The van der Waals surface area contributed by atoms with Gasteiger partial charge in [-0.2, -0.15) is 0 Å². The van der Waals surface area contributed by atoms with Crippen molar-refractivity contribution in [2.45, 2.75) is 24.4 Å². The van der Waals surface area contributed by atoms with Gasteiger partial charge in [0.15, 0.2) is 5.16 Å². The van der Waals surface area contributed by atoms with E-state index in [0.717, 1.165) is 22.8 Å². The monoisotopic (exact) mass is 338 g/mol. The van der Waals surface area contributed by atoms with E-state index in [0.29, 0.717) is 17.6 Å². The highest BCUT2D eigenvalue weighted by atomic mass is 32.2. The Morgan fingerprint density at radius 2 is 1.75 bits per heavy atom. The first-order valence-corrected chi connectivity index (χ1v) is 8.52. The Labute approximate surface area is 145 Å². The van der Waals surface area contributed by atoms with Crippen LogP contribution in [-0.2, 0) is 12.4 Å². The smallest absolute Gasteiger partial charge is 0.190 e. The van der Waals surface area contributed by atoms with Gasteiger partial charge in [0.2, 0.25) is 0 Å². The van der Waals surface area contributed by atoms with Crippen molar-refractivity contribution in [2.75, 3.05) is 5.73 Å². The zero-order chi connectivity index (χ0) is 16.8. The van der Waals surface area contributed by atoms with E-state index < -0.39 is 0 Å². The van der Waals surface area contributed by atoms with Gasteiger partial charge in [-0.1, -0.05) is 23.9 Å². The maximum absolute atomic E-state index is 5.77. The highest BCUT2D eigenvalue weighted by Crippen LogP contribution is 2.22. The van der Waals surface area contributed by atoms with Crippen LogP contribution in [-0.4, -0.2) is 15.0 Å². The minimum absolute atomic E-state index is 0.504. The number of nitrogens with zero attached hydrogens (tertiary/aromatic N) is 3. The van der Waals surface area contributed by atoms with Crippen molar-refractivity contribution in [1.29, 1.82) is 0 Å². The third-order valence-electron chi connectivity index (χ3n) is 3.30. The van der Waals surface area contributed by atoms with Crippen molar-refractivity contribution < 1.29 is 4.74 Å². The number of ether oxygens (including phenoxy) is 1. The molecule has 0 spiro atoms. The topological polar surface area (TPSA) is 73.9 Å². The van der Waals surface area contributed by atoms with E-state index in [1.807, 2.05) is 43.3 Å². The number of aromatic nitrogens is 3. The third-order valence-corrected chi connectivity index (χ3v) is 4.22. The SMILES string of the molecule is Cc1cc(N)nc(SCc2ccc(OCc3ccncc3)cc2)n1. The minimum atomic E-state index is 0.504. The fourth-order valence-electron chi connectivity index (χ4n) is 2.10. The number of pyridine rings is 1. The fraction of sp³-hybridized carbons (Fsp3) is 0.167. The van der Waals surface area contributed by atoms with Crippen molar-refractivity contribution in [3.05, 3.63) is 71.7 Å². The zero-order valence-electron chi connectivity index (χ0n) is 13.3. The quantitative estimate of drug-likeness (QED) is 0.546. The number of thioether (sulfide) groups is 1. The van der Waals surface area contributed by atoms with Crippen molar-refractivity contribution in [3.63, 3.8) is 0 Å². The maximum Gasteiger partial charge on any atom is 0.190 e. The second-order valence-electron chi connectivity index (χ2n) is 5.29. The van der Waals surface area contributed by atoms with E-state index in [2.05, 4.69) is 15.0 Å². The summed E-state index contributed by atoms with van der Waals surface area (Å²) in [6.45, 7) is 2.45. The van der Waals surface area contributed by atoms with Crippen LogP contribution in [0.5, 0.6) is 5.75 Å². The number of rotatable bonds is 6. The fourth-order valence-corrected chi connectivity index (χ4v) is 2.97. The van der Waals surface area contributed by atoms with E-state index in [9.17, 15) is 0 Å². The van der Waals surface area contributed by atoms with Gasteiger partial charge in [0.05, 0.1) is 0 Å². The molecule has 0 saturated heterocycles. The Kier molecular flexibility index (Phi) is 5.28. The lowest BCUT2D eigenvalue weighted by molar-refractivity contribution is 0.306. The van der Waals surface area contributed by atoms with Crippen molar-refractivity contribution in [3.8, 4) is 5.75 Å². The van der Waals surface area contributed by atoms with Crippen LogP contribution in [0.2, 0.25) is 0 Å². The van der Waals surface area contributed by atoms with Gasteiger partial charge in [-0.05, 0) is 42.3 Å². The summed E-state index contributed by atoms with van der Waals surface area (Å²) < 4.78 is 5.77. The zero-order valence-corrected chi connectivity index (χ0v) is 14.2. The Morgan fingerprint density at radius 1 is 1.00 bits per heavy atom. The van der Waals surface area contributed by atoms with Crippen LogP contribution >= 0.6 is 11.8 Å². The summed E-state index contributed by atoms with van der Waals surface area (Å²) in [4.78, 5) is 12.6. The van der Waals surface area contributed by atoms with Crippen molar-refractivity contribution >= 4 is 17.6 Å². The van der Waals surface area contributed by atoms with E-state index in [-0.39, 0.29) is 0 Å². The first-order valence-electron chi connectivity index (χ1n) is 7.53. The molecular formula is C18H18N4OS. The van der Waals surface area contributed by atoms with Gasteiger partial charge in [-0.3, -0.25) is 4.98 Å². The van der Waals surface area contributed by atoms with Crippen LogP contribution in [0.4, 0.5) is 5.82 Å². The largest absolute Gasteiger partial charge is 0.489 e. The molecule has 0 saturated carbocycles. The van der Waals surface area contributed by atoms with Gasteiger partial charge in [-0.25, -0.2) is 9.97 Å². The summed E-state index contributed by atoms with van der Waals surface area (Å²) in [5.74, 6) is 2.13. The van der Waals surface area contributed by atoms with E-state index >= 15 is 0 Å². The van der Waals surface area contributed by atoms with E-state index in [1.165, 1.54) is 5.56 Å². The standard InChI is InChI=1S/C18H18N4OS/c1-13-10-17(19)22-18(21-13)24-12-15-2-4-16(5-3-15)23-11-14-6-8-20-9-7-14/h2-10H,11-12H2,1H3,(H2,19,21,22). The summed E-state index contributed by atoms with van der Waals surface area (Å²) in [5, 5.41) is 0.700. The molecule has 0 aliphatic carbocycles. The van der Waals surface area contributed by atoms with Gasteiger partial charge in [0, 0.05) is 29.9 Å². The Hall–Kier alpha value is -2.60. The van der Waals surface area contributed by atoms with Crippen LogP contribution in [0.25, 0.3) is 0 Å². The first-order chi connectivity index (χ1) is 11.7. The lowest BCUT2D eigenvalue weighted by Gasteiger charge is -2.07. The number of hydrogen-bond acceptors (Lipinski definition) is 6. The normalized spacial score (nSPS) is 10.5. The number of anilines is 1. The predicted octanol–water partition coefficient (Wildman–Crippen LogP) is 3.63. The number of benzene rings is 1. The molecule has 2 heterocycles. The molecule has 0 aliphatic heterocycles. The average molecular weight is 338 g/mol. The lowest BCUT2D eigenvalue weighted by atomic mass is 10.2. The Bertz CT molecular complexity index is 774. The lowest BCUT2D eigenvalue weighted by Crippen LogP contribution is -1.97. The molecule has 0 amide bonds. The second-order valence-corrected chi connectivity index (χ2v) is 6.24. The van der Waals surface area contributed by atoms with Gasteiger partial charge in [0.1, 0.15) is 18.2 Å². The molecule has 3 aromatic rings. The molecule has 0 atom stereocenters. The molecular weight excluding hydrogens is 320 g/mol. The molecule has 0 radical (unpaired) electrons. The van der Waals surface area contributed by atoms with E-state index in [4.69, 9.17) is 10.5 Å². The maximum atomic E-state index is 5.77. The van der Waals surface area contributed by atoms with Gasteiger partial charge in [-0.15, -0.1) is 0 Å². The molecule has 2 N–H and O–H groups in total. The highest BCUT2D eigenvalue weighted by Gasteiger charge is 2.03. The molecule has 24 heavy (non-hydrogen) atoms. The van der Waals surface area contributed by atoms with Gasteiger partial charge in [0.25, 0.3) is 0 Å². The van der Waals surface area contributed by atoms with Crippen LogP contribution in [0, 0.1) is 6.92 Å². The summed E-state index contributed by atoms with van der Waals surface area (Å²) in [5.41, 5.74) is 8.90. The number of nitrogen functional groups attached to an aromatic ring is 1. The molecule has 0 bridgehead atoms. The molecule has 3 rings (SSSR count). The number of hydrogen-bond donors (Lipinski definition) is 1. The van der Waals surface area contributed by atoms with Gasteiger partial charge < -0.3 is 10.5 Å². The Morgan fingerprint density at radius 3 is 2.46 bits per heavy atom. The molecule has 0 aliphatic rings. The summed E-state index contributed by atoms with van der Waals surface area (Å²) in [6, 6.07) is 13.7. The van der Waals surface area contributed by atoms with Crippen LogP contribution < -0.4 is 10.5 Å². The second kappa shape index (κ2) is 7.79. The van der Waals surface area contributed by atoms with Crippen molar-refractivity contribution in [2.24, 2.45) is 0 Å². The minimum Gasteiger partial charge on any atom is -0.489 e. The number of aryl methyl sites for hydroxylation is 1. The predicted molar refractivity (Wildman–Crippen MR) is 95.8 cm³/mol. The summed E-state index contributed by atoms with van der Waals surface area (Å²) >= 11 is 1.57. The Balaban J connectivity index is 1.54. The average Bonchev–Trinajstić information content (AvgIpc) is 2.59. The number of nitrogens with two attached hydrogens (primary N) is 1. The van der Waals surface area contributed by atoms with E-state index in [1.54, 1.807) is 30.2 Å². The third kappa shape index (κ3) is 4.70. The summed E-state index contributed by atoms with van der Waals surface area (Å²) in [7, 11) is 0. The molecule has 1 aromatic carbocycles. The van der Waals surface area contributed by atoms with Crippen molar-refractivity contribution in [1.82, 2.24) is 15.0 Å². The van der Waals surface area contributed by atoms with Crippen LogP contribution in [0.1, 0.15) is 16.8 Å². The molecule has 5 nitrogen and oxygen atoms in total. The molecule has 2 aromatic heterocycles. The van der Waals surface area contributed by atoms with Crippen LogP contribution in [0.15, 0.2) is 60.0 Å². The molecule has 0 unspecified atom stereocenters. The van der Waals surface area contributed by atoms with Gasteiger partial charge >= 0.3 is 0 Å². The highest BCUT2D eigenvalue weighted by molar-refractivity contribution is 7.98. The molecule has 0 fully saturated rings. The summed E-state index contributed by atoms with van der Waals surface area (Å²) in [6.07, 6.45) is 3.53. The first kappa shape index (κ1) is 16.3. The van der Waals surface area contributed by atoms with Crippen LogP contribution in [0.3, 0.4) is 0 Å². The molecule has 6 heteroatoms.